The van der Waals surface area contributed by atoms with Crippen molar-refractivity contribution in [1.82, 2.24) is 5.32 Å². The molecule has 0 spiro atoms. The van der Waals surface area contributed by atoms with Gasteiger partial charge in [-0.2, -0.15) is 0 Å². The summed E-state index contributed by atoms with van der Waals surface area (Å²) in [5.74, 6) is 1.16. The molecular weight excluding hydrogens is 416 g/mol. The molecular formula is C27H26N2O2S. The molecule has 1 aliphatic heterocycles. The van der Waals surface area contributed by atoms with Gasteiger partial charge in [-0.25, -0.2) is 0 Å². The van der Waals surface area contributed by atoms with Crippen LogP contribution in [-0.4, -0.2) is 24.1 Å². The third-order valence-electron chi connectivity index (χ3n) is 6.06. The van der Waals surface area contributed by atoms with Crippen LogP contribution in [0, 0.1) is 0 Å². The summed E-state index contributed by atoms with van der Waals surface area (Å²) in [5, 5.41) is 2.89. The molecule has 0 aromatic heterocycles. The van der Waals surface area contributed by atoms with E-state index in [1.54, 1.807) is 11.8 Å². The fourth-order valence-electron chi connectivity index (χ4n) is 4.17. The fourth-order valence-corrected chi connectivity index (χ4v) is 5.34. The Labute approximate surface area is 193 Å². The molecule has 162 valence electrons. The minimum Gasteiger partial charge on any atom is -0.352 e. The number of rotatable bonds is 7. The van der Waals surface area contributed by atoms with E-state index in [4.69, 9.17) is 0 Å². The summed E-state index contributed by atoms with van der Waals surface area (Å²) in [4.78, 5) is 27.3. The highest BCUT2D eigenvalue weighted by atomic mass is 32.2. The molecule has 0 radical (unpaired) electrons. The van der Waals surface area contributed by atoms with Gasteiger partial charge in [0, 0.05) is 17.8 Å². The zero-order valence-electron chi connectivity index (χ0n) is 17.9. The lowest BCUT2D eigenvalue weighted by Gasteiger charge is -2.25. The van der Waals surface area contributed by atoms with E-state index in [1.165, 1.54) is 24.0 Å². The van der Waals surface area contributed by atoms with Gasteiger partial charge in [-0.3, -0.25) is 14.5 Å². The first kappa shape index (κ1) is 20.8. The molecule has 2 fully saturated rings. The molecule has 5 rings (SSSR count). The molecule has 2 amide bonds. The van der Waals surface area contributed by atoms with Gasteiger partial charge in [0.2, 0.25) is 5.91 Å². The van der Waals surface area contributed by atoms with Gasteiger partial charge in [0.1, 0.15) is 5.37 Å². The molecule has 1 aliphatic carbocycles. The third kappa shape index (κ3) is 4.58. The number of hydrogen-bond acceptors (Lipinski definition) is 3. The van der Waals surface area contributed by atoms with Crippen LogP contribution in [-0.2, 0) is 11.2 Å². The van der Waals surface area contributed by atoms with E-state index in [0.717, 1.165) is 17.7 Å². The van der Waals surface area contributed by atoms with E-state index < -0.39 is 0 Å². The summed E-state index contributed by atoms with van der Waals surface area (Å²) in [6, 6.07) is 26.2. The van der Waals surface area contributed by atoms with E-state index in [2.05, 4.69) is 41.7 Å². The van der Waals surface area contributed by atoms with Crippen LogP contribution in [0.4, 0.5) is 5.69 Å². The first-order valence-corrected chi connectivity index (χ1v) is 12.2. The van der Waals surface area contributed by atoms with E-state index in [1.807, 2.05) is 47.4 Å². The third-order valence-corrected chi connectivity index (χ3v) is 7.28. The average Bonchev–Trinajstić information content (AvgIpc) is 3.61. The Morgan fingerprint density at radius 2 is 1.72 bits per heavy atom. The van der Waals surface area contributed by atoms with Crippen molar-refractivity contribution in [2.75, 3.05) is 17.2 Å². The number of nitrogens with zero attached hydrogens (tertiary/aromatic N) is 1. The molecule has 1 atom stereocenters. The Hall–Kier alpha value is -3.05. The molecule has 2 aliphatic rings. The maximum atomic E-state index is 12.7. The maximum absolute atomic E-state index is 12.7. The maximum Gasteiger partial charge on any atom is 0.251 e. The van der Waals surface area contributed by atoms with Gasteiger partial charge in [-0.15, -0.1) is 11.8 Å². The van der Waals surface area contributed by atoms with Crippen molar-refractivity contribution in [3.63, 3.8) is 0 Å². The number of benzene rings is 3. The van der Waals surface area contributed by atoms with E-state index in [9.17, 15) is 9.59 Å². The smallest absolute Gasteiger partial charge is 0.251 e. The lowest BCUT2D eigenvalue weighted by atomic mass is 10.1. The van der Waals surface area contributed by atoms with Crippen LogP contribution in [0.2, 0.25) is 0 Å². The molecule has 1 saturated heterocycles. The predicted octanol–water partition coefficient (Wildman–Crippen LogP) is 5.32. The van der Waals surface area contributed by atoms with E-state index >= 15 is 0 Å². The Morgan fingerprint density at radius 3 is 2.47 bits per heavy atom. The molecule has 1 heterocycles. The fraction of sp³-hybridized carbons (Fsp3) is 0.259. The van der Waals surface area contributed by atoms with Crippen LogP contribution in [0.5, 0.6) is 0 Å². The molecule has 3 aromatic rings. The van der Waals surface area contributed by atoms with Crippen LogP contribution in [0.3, 0.4) is 0 Å². The van der Waals surface area contributed by atoms with Crippen molar-refractivity contribution in [2.45, 2.75) is 30.6 Å². The number of amides is 2. The summed E-state index contributed by atoms with van der Waals surface area (Å²) in [7, 11) is 0. The summed E-state index contributed by atoms with van der Waals surface area (Å²) in [5.41, 5.74) is 5.08. The number of carbonyl (C=O) groups is 2. The van der Waals surface area contributed by atoms with Crippen LogP contribution in [0.15, 0.2) is 78.9 Å². The molecule has 3 aromatic carbocycles. The first-order chi connectivity index (χ1) is 15.7. The largest absolute Gasteiger partial charge is 0.352 e. The number of hydrogen-bond donors (Lipinski definition) is 1. The van der Waals surface area contributed by atoms with Gasteiger partial charge in [0.05, 0.1) is 5.75 Å². The monoisotopic (exact) mass is 442 g/mol. The van der Waals surface area contributed by atoms with Crippen molar-refractivity contribution in [2.24, 2.45) is 0 Å². The molecule has 32 heavy (non-hydrogen) atoms. The van der Waals surface area contributed by atoms with Crippen LogP contribution in [0.1, 0.15) is 51.2 Å². The second-order valence-electron chi connectivity index (χ2n) is 8.41. The number of nitrogens with one attached hydrogen (secondary N) is 1. The van der Waals surface area contributed by atoms with Gasteiger partial charge in [-0.1, -0.05) is 54.6 Å². The minimum absolute atomic E-state index is 0.0857. The lowest BCUT2D eigenvalue weighted by molar-refractivity contribution is -0.115. The molecule has 1 unspecified atom stereocenters. The van der Waals surface area contributed by atoms with Crippen molar-refractivity contribution in [3.05, 3.63) is 101 Å². The molecule has 0 bridgehead atoms. The molecule has 1 saturated carbocycles. The SMILES string of the molecule is O=C(NCCc1ccccc1)c1cccc(C2SCC(=O)N2c2ccc(C3CC3)cc2)c1. The number of anilines is 1. The summed E-state index contributed by atoms with van der Waals surface area (Å²) >= 11 is 1.61. The topological polar surface area (TPSA) is 49.4 Å². The van der Waals surface area contributed by atoms with Gasteiger partial charge >= 0.3 is 0 Å². The van der Waals surface area contributed by atoms with Crippen LogP contribution < -0.4 is 10.2 Å². The molecule has 4 nitrogen and oxygen atoms in total. The molecule has 5 heteroatoms. The van der Waals surface area contributed by atoms with E-state index in [-0.39, 0.29) is 17.2 Å². The highest BCUT2D eigenvalue weighted by molar-refractivity contribution is 8.00. The summed E-state index contributed by atoms with van der Waals surface area (Å²) < 4.78 is 0. The summed E-state index contributed by atoms with van der Waals surface area (Å²) in [6.07, 6.45) is 3.32. The van der Waals surface area contributed by atoms with Gasteiger partial charge in [-0.05, 0) is 66.1 Å². The zero-order chi connectivity index (χ0) is 21.9. The standard InChI is InChI=1S/C27H26N2O2S/c30-25-18-32-27(29(25)24-13-11-21(12-14-24)20-9-10-20)23-8-4-7-22(17-23)26(31)28-16-15-19-5-2-1-3-6-19/h1-8,11-14,17,20,27H,9-10,15-16,18H2,(H,28,31). The van der Waals surface area contributed by atoms with Crippen LogP contribution in [0.25, 0.3) is 0 Å². The van der Waals surface area contributed by atoms with Gasteiger partial charge in [0.25, 0.3) is 5.91 Å². The first-order valence-electron chi connectivity index (χ1n) is 11.1. The Balaban J connectivity index is 1.29. The number of thioether (sulfide) groups is 1. The Bertz CT molecular complexity index is 1110. The normalized spacial score (nSPS) is 18.1. The molecule has 1 N–H and O–H groups in total. The second-order valence-corrected chi connectivity index (χ2v) is 9.48. The average molecular weight is 443 g/mol. The lowest BCUT2D eigenvalue weighted by Crippen LogP contribution is -2.28. The van der Waals surface area contributed by atoms with Crippen molar-refractivity contribution in [1.29, 1.82) is 0 Å². The van der Waals surface area contributed by atoms with Gasteiger partial charge < -0.3 is 5.32 Å². The minimum atomic E-state index is -0.119. The highest BCUT2D eigenvalue weighted by Gasteiger charge is 2.34. The van der Waals surface area contributed by atoms with E-state index in [0.29, 0.717) is 23.8 Å². The highest BCUT2D eigenvalue weighted by Crippen LogP contribution is 2.44. The van der Waals surface area contributed by atoms with Crippen LogP contribution >= 0.6 is 11.8 Å². The van der Waals surface area contributed by atoms with Crippen molar-refractivity contribution < 1.29 is 9.59 Å². The summed E-state index contributed by atoms with van der Waals surface area (Å²) in [6.45, 7) is 0.587. The second kappa shape index (κ2) is 9.21. The predicted molar refractivity (Wildman–Crippen MR) is 130 cm³/mol. The number of carbonyl (C=O) groups excluding carboxylic acids is 2. The van der Waals surface area contributed by atoms with Crippen molar-refractivity contribution in [3.8, 4) is 0 Å². The zero-order valence-corrected chi connectivity index (χ0v) is 18.7. The Morgan fingerprint density at radius 1 is 0.938 bits per heavy atom. The quantitative estimate of drug-likeness (QED) is 0.539. The van der Waals surface area contributed by atoms with Crippen molar-refractivity contribution >= 4 is 29.3 Å². The van der Waals surface area contributed by atoms with Gasteiger partial charge in [0.15, 0.2) is 0 Å². The Kier molecular flexibility index (Phi) is 5.99.